The molecule has 0 aliphatic heterocycles. The normalized spacial score (nSPS) is 13.7. The van der Waals surface area contributed by atoms with Gasteiger partial charge in [0.2, 0.25) is 0 Å². The lowest BCUT2D eigenvalue weighted by atomic mass is 9.79. The van der Waals surface area contributed by atoms with E-state index >= 15 is 0 Å². The zero-order valence-corrected chi connectivity index (χ0v) is 15.3. The lowest BCUT2D eigenvalue weighted by Crippen LogP contribution is -2.13. The lowest BCUT2D eigenvalue weighted by molar-refractivity contribution is 0.400. The van der Waals surface area contributed by atoms with E-state index in [1.54, 1.807) is 0 Å². The molecule has 0 radical (unpaired) electrons. The molecule has 0 rings (SSSR count). The number of hydrogen-bond donors (Lipinski definition) is 0. The SMILES string of the molecule is CCCCC=CC=C(C=CCCCC)C(C)(C)CCCC. The highest BCUT2D eigenvalue weighted by Gasteiger charge is 2.20. The first-order valence-electron chi connectivity index (χ1n) is 9.12. The predicted octanol–water partition coefficient (Wildman–Crippen LogP) is 7.62. The molecule has 0 atom stereocenters. The molecule has 0 saturated heterocycles. The van der Waals surface area contributed by atoms with Crippen LogP contribution >= 0.6 is 0 Å². The minimum absolute atomic E-state index is 0.286. The summed E-state index contributed by atoms with van der Waals surface area (Å²) < 4.78 is 0. The van der Waals surface area contributed by atoms with Gasteiger partial charge in [-0.1, -0.05) is 104 Å². The first kappa shape index (κ1) is 20.2. The van der Waals surface area contributed by atoms with Crippen molar-refractivity contribution in [2.45, 2.75) is 92.4 Å². The first-order valence-corrected chi connectivity index (χ1v) is 9.12. The van der Waals surface area contributed by atoms with Crippen LogP contribution in [0.3, 0.4) is 0 Å². The Labute approximate surface area is 134 Å². The second-order valence-corrected chi connectivity index (χ2v) is 6.72. The Hall–Kier alpha value is -0.780. The molecule has 0 heteroatoms. The van der Waals surface area contributed by atoms with E-state index in [2.05, 4.69) is 65.0 Å². The van der Waals surface area contributed by atoms with Crippen LogP contribution in [-0.2, 0) is 0 Å². The van der Waals surface area contributed by atoms with Crippen molar-refractivity contribution >= 4 is 0 Å². The average Bonchev–Trinajstić information content (AvgIpc) is 2.47. The maximum absolute atomic E-state index is 2.39. The fourth-order valence-electron chi connectivity index (χ4n) is 2.39. The number of rotatable bonds is 12. The number of hydrogen-bond acceptors (Lipinski definition) is 0. The van der Waals surface area contributed by atoms with Crippen molar-refractivity contribution in [2.24, 2.45) is 5.41 Å². The summed E-state index contributed by atoms with van der Waals surface area (Å²) in [5.41, 5.74) is 1.77. The van der Waals surface area contributed by atoms with E-state index < -0.39 is 0 Å². The second-order valence-electron chi connectivity index (χ2n) is 6.72. The highest BCUT2D eigenvalue weighted by molar-refractivity contribution is 5.29. The third-order valence-corrected chi connectivity index (χ3v) is 4.09. The molecule has 0 aromatic carbocycles. The van der Waals surface area contributed by atoms with Gasteiger partial charge in [-0.3, -0.25) is 0 Å². The van der Waals surface area contributed by atoms with E-state index in [0.29, 0.717) is 0 Å². The Morgan fingerprint density at radius 1 is 0.810 bits per heavy atom. The molecule has 122 valence electrons. The molecule has 0 N–H and O–H groups in total. The Balaban J connectivity index is 4.77. The molecule has 0 heterocycles. The summed E-state index contributed by atoms with van der Waals surface area (Å²) in [6, 6.07) is 0. The summed E-state index contributed by atoms with van der Waals surface area (Å²) in [5, 5.41) is 0. The Morgan fingerprint density at radius 2 is 1.38 bits per heavy atom. The Bertz CT molecular complexity index is 315. The first-order chi connectivity index (χ1) is 10.1. The summed E-state index contributed by atoms with van der Waals surface area (Å²) in [4.78, 5) is 0. The van der Waals surface area contributed by atoms with E-state index in [1.807, 2.05) is 0 Å². The zero-order chi connectivity index (χ0) is 16.0. The quantitative estimate of drug-likeness (QED) is 0.256. The molecule has 21 heavy (non-hydrogen) atoms. The van der Waals surface area contributed by atoms with Crippen molar-refractivity contribution in [1.82, 2.24) is 0 Å². The minimum Gasteiger partial charge on any atom is -0.0845 e. The summed E-state index contributed by atoms with van der Waals surface area (Å²) in [5.74, 6) is 0. The molecule has 0 aromatic rings. The maximum atomic E-state index is 2.39. The van der Waals surface area contributed by atoms with Crippen LogP contribution in [0.2, 0.25) is 0 Å². The van der Waals surface area contributed by atoms with Crippen LogP contribution in [0, 0.1) is 5.41 Å². The van der Waals surface area contributed by atoms with Gasteiger partial charge in [-0.05, 0) is 30.3 Å². The van der Waals surface area contributed by atoms with Crippen LogP contribution in [0.5, 0.6) is 0 Å². The minimum atomic E-state index is 0.286. The van der Waals surface area contributed by atoms with Crippen molar-refractivity contribution in [2.75, 3.05) is 0 Å². The van der Waals surface area contributed by atoms with Crippen molar-refractivity contribution in [3.05, 3.63) is 36.0 Å². The topological polar surface area (TPSA) is 0 Å². The fourth-order valence-corrected chi connectivity index (χ4v) is 2.39. The average molecular weight is 291 g/mol. The Morgan fingerprint density at radius 3 is 1.95 bits per heavy atom. The maximum Gasteiger partial charge on any atom is -0.0104 e. The van der Waals surface area contributed by atoms with E-state index in [0.717, 1.165) is 0 Å². The molecule has 0 spiro atoms. The smallest absolute Gasteiger partial charge is 0.0104 e. The summed E-state index contributed by atoms with van der Waals surface area (Å²) in [7, 11) is 0. The fraction of sp³-hybridized carbons (Fsp3) is 0.714. The van der Waals surface area contributed by atoms with Gasteiger partial charge in [-0.2, -0.15) is 0 Å². The highest BCUT2D eigenvalue weighted by Crippen LogP contribution is 2.33. The molecule has 0 nitrogen and oxygen atoms in total. The predicted molar refractivity (Wildman–Crippen MR) is 98.7 cm³/mol. The Kier molecular flexibility index (Phi) is 12.4. The third-order valence-electron chi connectivity index (χ3n) is 4.09. The summed E-state index contributed by atoms with van der Waals surface area (Å²) in [6.07, 6.45) is 23.1. The molecule has 0 bridgehead atoms. The second kappa shape index (κ2) is 12.9. The van der Waals surface area contributed by atoms with Gasteiger partial charge in [0, 0.05) is 0 Å². The molecular formula is C21H38. The van der Waals surface area contributed by atoms with Crippen molar-refractivity contribution < 1.29 is 0 Å². The van der Waals surface area contributed by atoms with E-state index in [-0.39, 0.29) is 5.41 Å². The molecule has 0 aromatic heterocycles. The van der Waals surface area contributed by atoms with Gasteiger partial charge in [0.25, 0.3) is 0 Å². The lowest BCUT2D eigenvalue weighted by Gasteiger charge is -2.26. The molecule has 0 aliphatic rings. The van der Waals surface area contributed by atoms with Crippen LogP contribution in [0.25, 0.3) is 0 Å². The van der Waals surface area contributed by atoms with E-state index in [9.17, 15) is 0 Å². The molecular weight excluding hydrogens is 252 g/mol. The molecule has 0 aliphatic carbocycles. The number of allylic oxidation sites excluding steroid dienone is 6. The highest BCUT2D eigenvalue weighted by atomic mass is 14.2. The van der Waals surface area contributed by atoms with Crippen LogP contribution < -0.4 is 0 Å². The van der Waals surface area contributed by atoms with Crippen LogP contribution in [0.4, 0.5) is 0 Å². The molecule has 0 amide bonds. The van der Waals surface area contributed by atoms with Crippen LogP contribution in [0.1, 0.15) is 92.4 Å². The van der Waals surface area contributed by atoms with Crippen LogP contribution in [0.15, 0.2) is 36.0 Å². The van der Waals surface area contributed by atoms with E-state index in [4.69, 9.17) is 0 Å². The largest absolute Gasteiger partial charge is 0.0845 e. The zero-order valence-electron chi connectivity index (χ0n) is 15.3. The van der Waals surface area contributed by atoms with Gasteiger partial charge in [-0.25, -0.2) is 0 Å². The summed E-state index contributed by atoms with van der Waals surface area (Å²) in [6.45, 7) is 11.6. The van der Waals surface area contributed by atoms with E-state index in [1.165, 1.54) is 63.4 Å². The van der Waals surface area contributed by atoms with Crippen molar-refractivity contribution in [1.29, 1.82) is 0 Å². The number of unbranched alkanes of at least 4 members (excludes halogenated alkanes) is 5. The molecule has 0 unspecified atom stereocenters. The standard InChI is InChI=1S/C21H38/c1-6-9-12-14-16-18-20(17-15-13-10-7-2)21(4,5)19-11-8-3/h14-18H,6-13,19H2,1-5H3. The monoisotopic (exact) mass is 290 g/mol. The van der Waals surface area contributed by atoms with Gasteiger partial charge in [-0.15, -0.1) is 0 Å². The van der Waals surface area contributed by atoms with Crippen molar-refractivity contribution in [3.8, 4) is 0 Å². The molecule has 0 fully saturated rings. The van der Waals surface area contributed by atoms with Gasteiger partial charge >= 0.3 is 0 Å². The summed E-state index contributed by atoms with van der Waals surface area (Å²) >= 11 is 0. The van der Waals surface area contributed by atoms with Gasteiger partial charge in [0.05, 0.1) is 0 Å². The van der Waals surface area contributed by atoms with Crippen molar-refractivity contribution in [3.63, 3.8) is 0 Å². The van der Waals surface area contributed by atoms with Gasteiger partial charge in [0.15, 0.2) is 0 Å². The van der Waals surface area contributed by atoms with Gasteiger partial charge < -0.3 is 0 Å². The van der Waals surface area contributed by atoms with Crippen LogP contribution in [-0.4, -0.2) is 0 Å². The van der Waals surface area contributed by atoms with Gasteiger partial charge in [0.1, 0.15) is 0 Å². The third kappa shape index (κ3) is 10.6. The molecule has 0 saturated carbocycles.